The van der Waals surface area contributed by atoms with Gasteiger partial charge in [-0.3, -0.25) is 4.79 Å². The van der Waals surface area contributed by atoms with Crippen LogP contribution in [0.4, 0.5) is 11.4 Å². The average Bonchev–Trinajstić information content (AvgIpc) is 2.79. The van der Waals surface area contributed by atoms with Crippen LogP contribution in [0.25, 0.3) is 0 Å². The van der Waals surface area contributed by atoms with E-state index in [1.165, 1.54) is 10.7 Å². The third-order valence-corrected chi connectivity index (χ3v) is 7.92. The molecule has 1 N–H and O–H groups in total. The average molecular weight is 428 g/mol. The molecule has 4 rings (SSSR count). The number of carbonyl (C=O) groups is 1. The second-order valence-electron chi connectivity index (χ2n) is 7.99. The van der Waals surface area contributed by atoms with Crippen molar-refractivity contribution in [1.82, 2.24) is 4.31 Å². The number of fused-ring (bicyclic) bond motifs is 1. The van der Waals surface area contributed by atoms with Crippen LogP contribution in [0.1, 0.15) is 37.3 Å². The zero-order valence-electron chi connectivity index (χ0n) is 17.4. The van der Waals surface area contributed by atoms with Gasteiger partial charge in [-0.1, -0.05) is 36.4 Å². The minimum Gasteiger partial charge on any atom is -0.370 e. The molecular weight excluding hydrogens is 398 g/mol. The Bertz CT molecular complexity index is 1020. The van der Waals surface area contributed by atoms with Crippen molar-refractivity contribution in [2.45, 2.75) is 45.2 Å². The minimum absolute atomic E-state index is 0.0245. The standard InChI is InChI=1S/C23H29N3O3S/c1-2-30(28,29)26-17-19-11-5-4-10-18(19)16-22(26)23(27)24-20-12-6-7-13-21(20)25-14-8-3-9-15-25/h4-7,10-13,22H,2-3,8-9,14-17H2,1H3,(H,24,27)/t22-/m0/s1. The van der Waals surface area contributed by atoms with Crippen LogP contribution in [0.2, 0.25) is 0 Å². The fourth-order valence-electron chi connectivity index (χ4n) is 4.39. The van der Waals surface area contributed by atoms with Crippen molar-refractivity contribution in [2.75, 3.05) is 29.1 Å². The first-order chi connectivity index (χ1) is 14.5. The summed E-state index contributed by atoms with van der Waals surface area (Å²) in [6.45, 7) is 3.80. The molecule has 0 saturated carbocycles. The van der Waals surface area contributed by atoms with Gasteiger partial charge in [-0.25, -0.2) is 8.42 Å². The van der Waals surface area contributed by atoms with Crippen molar-refractivity contribution in [1.29, 1.82) is 0 Å². The van der Waals surface area contributed by atoms with Crippen LogP contribution in [0, 0.1) is 0 Å². The third-order valence-electron chi connectivity index (χ3n) is 6.09. The van der Waals surface area contributed by atoms with Gasteiger partial charge in [-0.05, 0) is 55.9 Å². The van der Waals surface area contributed by atoms with E-state index < -0.39 is 16.1 Å². The molecule has 0 radical (unpaired) electrons. The van der Waals surface area contributed by atoms with Gasteiger partial charge in [0.05, 0.1) is 17.1 Å². The van der Waals surface area contributed by atoms with Crippen molar-refractivity contribution in [3.05, 3.63) is 59.7 Å². The second-order valence-corrected chi connectivity index (χ2v) is 10.2. The Kier molecular flexibility index (Phi) is 6.11. The lowest BCUT2D eigenvalue weighted by molar-refractivity contribution is -0.120. The molecule has 0 unspecified atom stereocenters. The van der Waals surface area contributed by atoms with E-state index in [-0.39, 0.29) is 18.2 Å². The molecule has 2 aliphatic heterocycles. The van der Waals surface area contributed by atoms with Gasteiger partial charge in [-0.15, -0.1) is 0 Å². The predicted molar refractivity (Wildman–Crippen MR) is 120 cm³/mol. The number of amides is 1. The molecule has 7 heteroatoms. The summed E-state index contributed by atoms with van der Waals surface area (Å²) in [5, 5.41) is 3.05. The Morgan fingerprint density at radius 2 is 1.67 bits per heavy atom. The molecule has 1 atom stereocenters. The van der Waals surface area contributed by atoms with Crippen LogP contribution >= 0.6 is 0 Å². The van der Waals surface area contributed by atoms with Crippen molar-refractivity contribution < 1.29 is 13.2 Å². The Hall–Kier alpha value is -2.38. The smallest absolute Gasteiger partial charge is 0.243 e. The summed E-state index contributed by atoms with van der Waals surface area (Å²) in [4.78, 5) is 15.7. The van der Waals surface area contributed by atoms with E-state index in [4.69, 9.17) is 0 Å². The zero-order valence-corrected chi connectivity index (χ0v) is 18.2. The molecule has 0 aromatic heterocycles. The number of sulfonamides is 1. The molecule has 2 aliphatic rings. The van der Waals surface area contributed by atoms with Crippen LogP contribution in [-0.4, -0.2) is 43.5 Å². The highest BCUT2D eigenvalue weighted by atomic mass is 32.2. The lowest BCUT2D eigenvalue weighted by atomic mass is 9.95. The lowest BCUT2D eigenvalue weighted by Crippen LogP contribution is -2.51. The Labute approximate surface area is 178 Å². The predicted octanol–water partition coefficient (Wildman–Crippen LogP) is 3.39. The molecule has 1 amide bonds. The maximum atomic E-state index is 13.3. The number of hydrogen-bond acceptors (Lipinski definition) is 4. The largest absolute Gasteiger partial charge is 0.370 e. The highest BCUT2D eigenvalue weighted by Gasteiger charge is 2.38. The molecule has 1 fully saturated rings. The fraction of sp³-hybridized carbons (Fsp3) is 0.435. The molecule has 0 bridgehead atoms. The number of benzene rings is 2. The maximum absolute atomic E-state index is 13.3. The number of rotatable bonds is 5. The van der Waals surface area contributed by atoms with Crippen molar-refractivity contribution >= 4 is 27.3 Å². The normalized spacial score (nSPS) is 19.9. The molecule has 0 spiro atoms. The van der Waals surface area contributed by atoms with Gasteiger partial charge in [0.1, 0.15) is 6.04 Å². The van der Waals surface area contributed by atoms with Gasteiger partial charge in [0.15, 0.2) is 0 Å². The Balaban J connectivity index is 1.62. The van der Waals surface area contributed by atoms with Crippen LogP contribution in [0.3, 0.4) is 0 Å². The third kappa shape index (κ3) is 4.23. The zero-order chi connectivity index (χ0) is 21.1. The van der Waals surface area contributed by atoms with Gasteiger partial charge in [0, 0.05) is 19.6 Å². The molecule has 2 aromatic rings. The van der Waals surface area contributed by atoms with Crippen molar-refractivity contribution in [3.63, 3.8) is 0 Å². The number of nitrogens with one attached hydrogen (secondary N) is 1. The van der Waals surface area contributed by atoms with Gasteiger partial charge >= 0.3 is 0 Å². The first-order valence-corrected chi connectivity index (χ1v) is 12.3. The van der Waals surface area contributed by atoms with Gasteiger partial charge in [0.2, 0.25) is 15.9 Å². The molecule has 6 nitrogen and oxygen atoms in total. The van der Waals surface area contributed by atoms with Crippen LogP contribution < -0.4 is 10.2 Å². The second kappa shape index (κ2) is 8.78. The number of piperidine rings is 1. The van der Waals surface area contributed by atoms with Gasteiger partial charge < -0.3 is 10.2 Å². The summed E-state index contributed by atoms with van der Waals surface area (Å²) < 4.78 is 26.9. The van der Waals surface area contributed by atoms with Crippen LogP contribution in [0.15, 0.2) is 48.5 Å². The SMILES string of the molecule is CCS(=O)(=O)N1Cc2ccccc2C[C@H]1C(=O)Nc1ccccc1N1CCCCC1. The Morgan fingerprint density at radius 1 is 1.00 bits per heavy atom. The molecule has 30 heavy (non-hydrogen) atoms. The summed E-state index contributed by atoms with van der Waals surface area (Å²) in [6.07, 6.45) is 3.90. The topological polar surface area (TPSA) is 69.7 Å². The number of hydrogen-bond donors (Lipinski definition) is 1. The first-order valence-electron chi connectivity index (χ1n) is 10.7. The highest BCUT2D eigenvalue weighted by molar-refractivity contribution is 7.89. The van der Waals surface area contributed by atoms with Crippen LogP contribution in [0.5, 0.6) is 0 Å². The van der Waals surface area contributed by atoms with Crippen molar-refractivity contribution in [3.8, 4) is 0 Å². The highest BCUT2D eigenvalue weighted by Crippen LogP contribution is 2.31. The van der Waals surface area contributed by atoms with Crippen LogP contribution in [-0.2, 0) is 27.8 Å². The lowest BCUT2D eigenvalue weighted by Gasteiger charge is -2.35. The maximum Gasteiger partial charge on any atom is 0.243 e. The molecule has 0 aliphatic carbocycles. The van der Waals surface area contributed by atoms with E-state index >= 15 is 0 Å². The van der Waals surface area contributed by atoms with E-state index in [0.717, 1.165) is 48.4 Å². The molecule has 2 heterocycles. The minimum atomic E-state index is -3.52. The number of para-hydroxylation sites is 2. The number of nitrogens with zero attached hydrogens (tertiary/aromatic N) is 2. The fourth-order valence-corrected chi connectivity index (χ4v) is 5.61. The van der Waals surface area contributed by atoms with E-state index in [0.29, 0.717) is 6.42 Å². The van der Waals surface area contributed by atoms with E-state index in [1.54, 1.807) is 6.92 Å². The molecule has 1 saturated heterocycles. The quantitative estimate of drug-likeness (QED) is 0.794. The summed E-state index contributed by atoms with van der Waals surface area (Å²) >= 11 is 0. The summed E-state index contributed by atoms with van der Waals surface area (Å²) in [7, 11) is -3.52. The number of anilines is 2. The van der Waals surface area contributed by atoms with Gasteiger partial charge in [-0.2, -0.15) is 4.31 Å². The van der Waals surface area contributed by atoms with Crippen molar-refractivity contribution in [2.24, 2.45) is 0 Å². The van der Waals surface area contributed by atoms with E-state index in [9.17, 15) is 13.2 Å². The molecule has 2 aromatic carbocycles. The summed E-state index contributed by atoms with van der Waals surface area (Å²) in [5.74, 6) is -0.297. The monoisotopic (exact) mass is 427 g/mol. The summed E-state index contributed by atoms with van der Waals surface area (Å²) in [6, 6.07) is 14.8. The number of carbonyl (C=O) groups excluding carboxylic acids is 1. The van der Waals surface area contributed by atoms with E-state index in [2.05, 4.69) is 10.2 Å². The first kappa shape index (κ1) is 20.9. The molecular formula is C23H29N3O3S. The Morgan fingerprint density at radius 3 is 2.40 bits per heavy atom. The molecule has 160 valence electrons. The summed E-state index contributed by atoms with van der Waals surface area (Å²) in [5.41, 5.74) is 3.75. The van der Waals surface area contributed by atoms with E-state index in [1.807, 2.05) is 48.5 Å². The van der Waals surface area contributed by atoms with Gasteiger partial charge in [0.25, 0.3) is 0 Å².